The maximum Gasteiger partial charge on any atom is 0.339 e. The highest BCUT2D eigenvalue weighted by molar-refractivity contribution is 7.87. The van der Waals surface area contributed by atoms with Crippen LogP contribution < -0.4 is 4.18 Å². The van der Waals surface area contributed by atoms with Crippen LogP contribution in [0, 0.1) is 0 Å². The molecule has 4 nitrogen and oxygen atoms in total. The first-order valence-corrected chi connectivity index (χ1v) is 9.84. The fraction of sp³-hybridized carbons (Fsp3) is 0. The van der Waals surface area contributed by atoms with E-state index in [0.29, 0.717) is 5.39 Å². The molecule has 5 heteroatoms. The molecule has 0 unspecified atom stereocenters. The van der Waals surface area contributed by atoms with Crippen LogP contribution in [-0.2, 0) is 10.1 Å². The van der Waals surface area contributed by atoms with Crippen LogP contribution in [0.2, 0.25) is 0 Å². The van der Waals surface area contributed by atoms with Crippen LogP contribution in [0.4, 0.5) is 0 Å². The Hall–Kier alpha value is -3.31. The van der Waals surface area contributed by atoms with Crippen molar-refractivity contribution < 1.29 is 17.7 Å². The van der Waals surface area contributed by atoms with Gasteiger partial charge in [-0.15, -0.1) is 0 Å². The predicted molar refractivity (Wildman–Crippen MR) is 106 cm³/mol. The normalized spacial score (nSPS) is 12.1. The van der Waals surface area contributed by atoms with Crippen molar-refractivity contribution in [2.75, 3.05) is 0 Å². The maximum absolute atomic E-state index is 12.9. The van der Waals surface area contributed by atoms with E-state index in [-0.39, 0.29) is 16.4 Å². The molecule has 0 aliphatic rings. The summed E-state index contributed by atoms with van der Waals surface area (Å²) < 4.78 is 31.2. The van der Waals surface area contributed by atoms with E-state index in [1.807, 2.05) is 42.5 Å². The molecule has 0 heterocycles. The Balaban J connectivity index is 1.76. The Morgan fingerprint density at radius 1 is 0.667 bits per heavy atom. The molecule has 132 valence electrons. The second-order valence-electron chi connectivity index (χ2n) is 6.45. The minimum Gasteiger partial charge on any atom is -0.508 e. The highest BCUT2D eigenvalue weighted by Gasteiger charge is 2.22. The van der Waals surface area contributed by atoms with Gasteiger partial charge in [-0.2, -0.15) is 8.42 Å². The van der Waals surface area contributed by atoms with E-state index in [1.165, 1.54) is 24.3 Å². The van der Waals surface area contributed by atoms with E-state index in [9.17, 15) is 13.5 Å². The van der Waals surface area contributed by atoms with E-state index in [4.69, 9.17) is 4.18 Å². The predicted octanol–water partition coefficient (Wildman–Crippen LogP) is 5.06. The summed E-state index contributed by atoms with van der Waals surface area (Å²) >= 11 is 0. The quantitative estimate of drug-likeness (QED) is 0.354. The summed E-state index contributed by atoms with van der Waals surface area (Å²) in [6, 6.07) is 22.8. The van der Waals surface area contributed by atoms with Gasteiger partial charge in [0.25, 0.3) is 0 Å². The number of phenols is 1. The van der Waals surface area contributed by atoms with Crippen LogP contribution in [0.5, 0.6) is 11.5 Å². The third kappa shape index (κ3) is 2.47. The summed E-state index contributed by atoms with van der Waals surface area (Å²) in [6.07, 6.45) is 0. The van der Waals surface area contributed by atoms with Gasteiger partial charge in [-0.25, -0.2) is 0 Å². The first-order valence-electron chi connectivity index (χ1n) is 8.43. The van der Waals surface area contributed by atoms with Crippen LogP contribution in [0.3, 0.4) is 0 Å². The van der Waals surface area contributed by atoms with Gasteiger partial charge in [-0.05, 0) is 57.3 Å². The van der Waals surface area contributed by atoms with E-state index >= 15 is 0 Å². The third-order valence-corrected chi connectivity index (χ3v) is 6.11. The Morgan fingerprint density at radius 3 is 1.96 bits per heavy atom. The molecule has 0 radical (unpaired) electrons. The second kappa shape index (κ2) is 5.59. The van der Waals surface area contributed by atoms with Crippen molar-refractivity contribution in [2.45, 2.75) is 4.90 Å². The zero-order valence-electron chi connectivity index (χ0n) is 14.1. The van der Waals surface area contributed by atoms with Gasteiger partial charge in [0.2, 0.25) is 0 Å². The van der Waals surface area contributed by atoms with Gasteiger partial charge in [-0.3, -0.25) is 0 Å². The lowest BCUT2D eigenvalue weighted by Crippen LogP contribution is -2.10. The second-order valence-corrected chi connectivity index (χ2v) is 7.97. The topological polar surface area (TPSA) is 63.6 Å². The monoisotopic (exact) mass is 374 g/mol. The highest BCUT2D eigenvalue weighted by Crippen LogP contribution is 2.37. The fourth-order valence-corrected chi connectivity index (χ4v) is 4.73. The first-order chi connectivity index (χ1) is 13.0. The van der Waals surface area contributed by atoms with Crippen molar-refractivity contribution in [3.8, 4) is 11.5 Å². The fourth-order valence-electron chi connectivity index (χ4n) is 3.60. The molecule has 0 fully saturated rings. The van der Waals surface area contributed by atoms with E-state index in [1.54, 1.807) is 12.1 Å². The van der Waals surface area contributed by atoms with Crippen molar-refractivity contribution in [2.24, 2.45) is 0 Å². The van der Waals surface area contributed by atoms with Crippen LogP contribution in [0.15, 0.2) is 83.8 Å². The average Bonchev–Trinajstić information content (AvgIpc) is 2.67. The summed E-state index contributed by atoms with van der Waals surface area (Å²) in [6.45, 7) is 0. The lowest BCUT2D eigenvalue weighted by Gasteiger charge is -2.14. The smallest absolute Gasteiger partial charge is 0.339 e. The van der Waals surface area contributed by atoms with Gasteiger partial charge in [0.05, 0.1) is 0 Å². The molecule has 0 spiro atoms. The largest absolute Gasteiger partial charge is 0.508 e. The van der Waals surface area contributed by atoms with Crippen LogP contribution in [-0.4, -0.2) is 13.5 Å². The summed E-state index contributed by atoms with van der Waals surface area (Å²) in [5, 5.41) is 15.1. The van der Waals surface area contributed by atoms with Crippen molar-refractivity contribution in [1.29, 1.82) is 0 Å². The molecule has 5 aromatic rings. The molecule has 0 aliphatic carbocycles. The summed E-state index contributed by atoms with van der Waals surface area (Å²) in [5.74, 6) is 0.195. The van der Waals surface area contributed by atoms with Gasteiger partial charge in [0.1, 0.15) is 16.4 Å². The van der Waals surface area contributed by atoms with Gasteiger partial charge >= 0.3 is 10.1 Å². The van der Waals surface area contributed by atoms with Gasteiger partial charge in [0, 0.05) is 5.39 Å². The lowest BCUT2D eigenvalue weighted by atomic mass is 9.94. The minimum absolute atomic E-state index is 0.0440. The summed E-state index contributed by atoms with van der Waals surface area (Å²) in [4.78, 5) is 0.126. The SMILES string of the molecule is O=S(=O)(Oc1ccc(O)cc1)c1ccc2ccc3cccc4ccc1c2c34. The molecule has 0 amide bonds. The number of hydrogen-bond donors (Lipinski definition) is 1. The Bertz CT molecular complexity index is 1390. The lowest BCUT2D eigenvalue weighted by molar-refractivity contribution is 0.469. The molecule has 0 aliphatic heterocycles. The van der Waals surface area contributed by atoms with E-state index in [2.05, 4.69) is 0 Å². The zero-order valence-corrected chi connectivity index (χ0v) is 14.9. The molecule has 0 bridgehead atoms. The highest BCUT2D eigenvalue weighted by atomic mass is 32.2. The van der Waals surface area contributed by atoms with E-state index in [0.717, 1.165) is 26.9 Å². The van der Waals surface area contributed by atoms with Crippen molar-refractivity contribution in [3.05, 3.63) is 78.9 Å². The van der Waals surface area contributed by atoms with Crippen LogP contribution >= 0.6 is 0 Å². The van der Waals surface area contributed by atoms with Crippen molar-refractivity contribution in [1.82, 2.24) is 0 Å². The van der Waals surface area contributed by atoms with Crippen LogP contribution in [0.1, 0.15) is 0 Å². The molecular weight excluding hydrogens is 360 g/mol. The number of benzene rings is 5. The number of rotatable bonds is 3. The van der Waals surface area contributed by atoms with Crippen molar-refractivity contribution in [3.63, 3.8) is 0 Å². The summed E-state index contributed by atoms with van der Waals surface area (Å²) in [7, 11) is -4.03. The standard InChI is InChI=1S/C22H14O4S/c23-17-8-10-18(11-9-17)26-27(24,25)20-13-7-16-5-4-14-2-1-3-15-6-12-19(20)22(16)21(14)15/h1-13,23H. The van der Waals surface area contributed by atoms with Gasteiger partial charge in [-0.1, -0.05) is 48.5 Å². The molecule has 0 saturated carbocycles. The van der Waals surface area contributed by atoms with Crippen LogP contribution in [0.25, 0.3) is 32.3 Å². The molecule has 5 rings (SSSR count). The van der Waals surface area contributed by atoms with Crippen molar-refractivity contribution >= 4 is 42.4 Å². The third-order valence-electron chi connectivity index (χ3n) is 4.80. The zero-order chi connectivity index (χ0) is 18.6. The molecule has 0 saturated heterocycles. The number of aromatic hydroxyl groups is 1. The number of hydrogen-bond acceptors (Lipinski definition) is 4. The van der Waals surface area contributed by atoms with Gasteiger partial charge in [0.15, 0.2) is 0 Å². The molecular formula is C22H14O4S. The number of phenolic OH excluding ortho intramolecular Hbond substituents is 1. The average molecular weight is 374 g/mol. The molecule has 0 aromatic heterocycles. The molecule has 0 atom stereocenters. The van der Waals surface area contributed by atoms with E-state index < -0.39 is 10.1 Å². The first kappa shape index (κ1) is 15.9. The summed E-state index contributed by atoms with van der Waals surface area (Å²) in [5.41, 5.74) is 0. The minimum atomic E-state index is -4.03. The Kier molecular flexibility index (Phi) is 3.29. The molecule has 1 N–H and O–H groups in total. The van der Waals surface area contributed by atoms with Gasteiger partial charge < -0.3 is 9.29 Å². The molecule has 5 aromatic carbocycles. The Morgan fingerprint density at radius 2 is 1.26 bits per heavy atom. The molecule has 27 heavy (non-hydrogen) atoms. The maximum atomic E-state index is 12.9. The Labute approximate surface area is 155 Å².